The van der Waals surface area contributed by atoms with Crippen molar-refractivity contribution >= 4 is 23.0 Å². The smallest absolute Gasteiger partial charge is 0.289 e. The molecule has 0 radical (unpaired) electrons. The minimum absolute atomic E-state index is 0.210. The van der Waals surface area contributed by atoms with Crippen LogP contribution in [0.3, 0.4) is 0 Å². The second kappa shape index (κ2) is 6.58. The van der Waals surface area contributed by atoms with Crippen LogP contribution >= 0.6 is 0 Å². The first-order chi connectivity index (χ1) is 13.8. The minimum Gasteiger partial charge on any atom is -0.454 e. The summed E-state index contributed by atoms with van der Waals surface area (Å²) >= 11 is 0. The standard InChI is InChI=1S/C20H15N5O3/c26-20(25-22-10-13-9-21-15-4-2-1-3-14(13)15)17-8-16(23-24-17)12-5-6-18-19(7-12)28-11-27-18/h1-10,21H,11H2,(H,23,24)(H,25,26)/b22-10-. The van der Waals surface area contributed by atoms with Crippen molar-refractivity contribution in [3.8, 4) is 22.8 Å². The highest BCUT2D eigenvalue weighted by molar-refractivity contribution is 6.00. The molecule has 2 aromatic heterocycles. The molecule has 8 nitrogen and oxygen atoms in total. The van der Waals surface area contributed by atoms with Gasteiger partial charge in [0.2, 0.25) is 6.79 Å². The molecule has 3 heterocycles. The van der Waals surface area contributed by atoms with Crippen LogP contribution in [0, 0.1) is 0 Å². The Kier molecular flexibility index (Phi) is 3.79. The lowest BCUT2D eigenvalue weighted by Gasteiger charge is -1.99. The maximum Gasteiger partial charge on any atom is 0.289 e. The third kappa shape index (κ3) is 2.86. The first-order valence-electron chi connectivity index (χ1n) is 8.63. The van der Waals surface area contributed by atoms with Crippen molar-refractivity contribution in [2.75, 3.05) is 6.79 Å². The van der Waals surface area contributed by atoms with Crippen LogP contribution in [-0.2, 0) is 0 Å². The van der Waals surface area contributed by atoms with E-state index in [4.69, 9.17) is 9.47 Å². The molecule has 28 heavy (non-hydrogen) atoms. The summed E-state index contributed by atoms with van der Waals surface area (Å²) in [7, 11) is 0. The summed E-state index contributed by atoms with van der Waals surface area (Å²) in [6, 6.07) is 15.0. The number of benzene rings is 2. The van der Waals surface area contributed by atoms with E-state index in [0.717, 1.165) is 22.0 Å². The first kappa shape index (κ1) is 16.1. The summed E-state index contributed by atoms with van der Waals surface area (Å²) in [6.45, 7) is 0.210. The molecule has 3 N–H and O–H groups in total. The number of carbonyl (C=O) groups is 1. The fourth-order valence-electron chi connectivity index (χ4n) is 3.06. The van der Waals surface area contributed by atoms with Crippen LogP contribution in [-0.4, -0.2) is 34.1 Å². The molecule has 8 heteroatoms. The molecule has 4 aromatic rings. The highest BCUT2D eigenvalue weighted by Gasteiger charge is 2.16. The number of ether oxygens (including phenoxy) is 2. The van der Waals surface area contributed by atoms with Crippen molar-refractivity contribution in [2.45, 2.75) is 0 Å². The van der Waals surface area contributed by atoms with E-state index in [2.05, 4.69) is 25.7 Å². The Bertz CT molecular complexity index is 1210. The van der Waals surface area contributed by atoms with Gasteiger partial charge in [0.1, 0.15) is 5.69 Å². The van der Waals surface area contributed by atoms with Crippen LogP contribution in [0.5, 0.6) is 11.5 Å². The number of nitrogens with zero attached hydrogens (tertiary/aromatic N) is 2. The van der Waals surface area contributed by atoms with Gasteiger partial charge in [-0.25, -0.2) is 5.43 Å². The predicted octanol–water partition coefficient (Wildman–Crippen LogP) is 3.05. The number of hydrogen-bond acceptors (Lipinski definition) is 5. The summed E-state index contributed by atoms with van der Waals surface area (Å²) in [6.07, 6.45) is 3.44. The number of fused-ring (bicyclic) bond motifs is 2. The molecule has 0 bridgehead atoms. The molecular formula is C20H15N5O3. The van der Waals surface area contributed by atoms with Crippen LogP contribution in [0.2, 0.25) is 0 Å². The summed E-state index contributed by atoms with van der Waals surface area (Å²) in [5.74, 6) is 0.981. The number of H-pyrrole nitrogens is 2. The zero-order valence-electron chi connectivity index (χ0n) is 14.6. The maximum absolute atomic E-state index is 12.3. The van der Waals surface area contributed by atoms with Gasteiger partial charge < -0.3 is 14.5 Å². The van der Waals surface area contributed by atoms with Crippen molar-refractivity contribution in [1.29, 1.82) is 0 Å². The molecule has 0 unspecified atom stereocenters. The Hall–Kier alpha value is -4.07. The zero-order valence-corrected chi connectivity index (χ0v) is 14.6. The molecule has 5 rings (SSSR count). The topological polar surface area (TPSA) is 104 Å². The number of aromatic amines is 2. The third-order valence-electron chi connectivity index (χ3n) is 4.48. The van der Waals surface area contributed by atoms with Crippen LogP contribution in [0.25, 0.3) is 22.2 Å². The van der Waals surface area contributed by atoms with Gasteiger partial charge in [0.25, 0.3) is 5.91 Å². The fourth-order valence-corrected chi connectivity index (χ4v) is 3.06. The molecule has 0 aliphatic carbocycles. The minimum atomic E-state index is -0.379. The number of aromatic nitrogens is 3. The van der Waals surface area contributed by atoms with E-state index in [1.54, 1.807) is 12.3 Å². The summed E-state index contributed by atoms with van der Waals surface area (Å²) in [5, 5.41) is 12.0. The largest absolute Gasteiger partial charge is 0.454 e. The summed E-state index contributed by atoms with van der Waals surface area (Å²) in [5.41, 5.74) is 6.17. The first-order valence-corrected chi connectivity index (χ1v) is 8.63. The molecule has 0 spiro atoms. The van der Waals surface area contributed by atoms with Gasteiger partial charge in [-0.05, 0) is 30.3 Å². The Morgan fingerprint density at radius 1 is 1.14 bits per heavy atom. The SMILES string of the molecule is O=C(N/N=C\c1c[nH]c2ccccc12)c1cc(-c2ccc3c(c2)OCO3)n[nH]1. The van der Waals surface area contributed by atoms with Crippen LogP contribution in [0.1, 0.15) is 16.1 Å². The average Bonchev–Trinajstić information content (AvgIpc) is 3.46. The monoisotopic (exact) mass is 373 g/mol. The molecular weight excluding hydrogens is 358 g/mol. The summed E-state index contributed by atoms with van der Waals surface area (Å²) in [4.78, 5) is 15.5. The van der Waals surface area contributed by atoms with E-state index < -0.39 is 0 Å². The third-order valence-corrected chi connectivity index (χ3v) is 4.48. The Morgan fingerprint density at radius 2 is 2.04 bits per heavy atom. The Labute approximate surface area is 159 Å². The molecule has 0 atom stereocenters. The predicted molar refractivity (Wildman–Crippen MR) is 104 cm³/mol. The number of amides is 1. The molecule has 0 saturated carbocycles. The van der Waals surface area contributed by atoms with E-state index in [-0.39, 0.29) is 12.7 Å². The fraction of sp³-hybridized carbons (Fsp3) is 0.0500. The van der Waals surface area contributed by atoms with Crippen LogP contribution in [0.15, 0.2) is 59.8 Å². The van der Waals surface area contributed by atoms with Gasteiger partial charge in [0.15, 0.2) is 11.5 Å². The van der Waals surface area contributed by atoms with E-state index in [9.17, 15) is 4.79 Å². The van der Waals surface area contributed by atoms with Crippen LogP contribution < -0.4 is 14.9 Å². The van der Waals surface area contributed by atoms with E-state index in [1.807, 2.05) is 48.7 Å². The molecule has 0 fully saturated rings. The van der Waals surface area contributed by atoms with Gasteiger partial charge >= 0.3 is 0 Å². The number of carbonyl (C=O) groups excluding carboxylic acids is 1. The Morgan fingerprint density at radius 3 is 3.00 bits per heavy atom. The highest BCUT2D eigenvalue weighted by Crippen LogP contribution is 2.35. The lowest BCUT2D eigenvalue weighted by molar-refractivity contribution is 0.0950. The molecule has 2 aromatic carbocycles. The van der Waals surface area contributed by atoms with Crippen molar-refractivity contribution in [3.05, 3.63) is 66.0 Å². The van der Waals surface area contributed by atoms with Crippen molar-refractivity contribution in [1.82, 2.24) is 20.6 Å². The Balaban J connectivity index is 1.30. The highest BCUT2D eigenvalue weighted by atomic mass is 16.7. The number of hydrogen-bond donors (Lipinski definition) is 3. The zero-order chi connectivity index (χ0) is 18.9. The van der Waals surface area contributed by atoms with Crippen LogP contribution in [0.4, 0.5) is 0 Å². The molecule has 1 aliphatic heterocycles. The van der Waals surface area contributed by atoms with Gasteiger partial charge in [-0.3, -0.25) is 9.89 Å². The van der Waals surface area contributed by atoms with Gasteiger partial charge in [0.05, 0.1) is 11.9 Å². The van der Waals surface area contributed by atoms with Crippen molar-refractivity contribution < 1.29 is 14.3 Å². The number of rotatable bonds is 4. The molecule has 138 valence electrons. The maximum atomic E-state index is 12.3. The lowest BCUT2D eigenvalue weighted by Crippen LogP contribution is -2.17. The van der Waals surface area contributed by atoms with Crippen molar-refractivity contribution in [3.63, 3.8) is 0 Å². The van der Waals surface area contributed by atoms with Gasteiger partial charge in [-0.2, -0.15) is 10.2 Å². The normalized spacial score (nSPS) is 12.7. The number of nitrogens with one attached hydrogen (secondary N) is 3. The lowest BCUT2D eigenvalue weighted by atomic mass is 10.1. The number of para-hydroxylation sites is 1. The van der Waals surface area contributed by atoms with E-state index in [0.29, 0.717) is 22.9 Å². The molecule has 1 amide bonds. The second-order valence-corrected chi connectivity index (χ2v) is 6.22. The summed E-state index contributed by atoms with van der Waals surface area (Å²) < 4.78 is 10.7. The van der Waals surface area contributed by atoms with Gasteiger partial charge in [0, 0.05) is 28.2 Å². The quantitative estimate of drug-likeness (QED) is 0.378. The second-order valence-electron chi connectivity index (χ2n) is 6.22. The van der Waals surface area contributed by atoms with E-state index >= 15 is 0 Å². The average molecular weight is 373 g/mol. The number of hydrazone groups is 1. The molecule has 1 aliphatic rings. The van der Waals surface area contributed by atoms with Gasteiger partial charge in [-0.1, -0.05) is 18.2 Å². The van der Waals surface area contributed by atoms with Gasteiger partial charge in [-0.15, -0.1) is 0 Å². The molecule has 0 saturated heterocycles. The van der Waals surface area contributed by atoms with Crippen molar-refractivity contribution in [2.24, 2.45) is 5.10 Å². The van der Waals surface area contributed by atoms with E-state index in [1.165, 1.54) is 0 Å².